The van der Waals surface area contributed by atoms with Crippen LogP contribution >= 0.6 is 0 Å². The molecule has 0 unspecified atom stereocenters. The van der Waals surface area contributed by atoms with Gasteiger partial charge in [0, 0.05) is 36.3 Å². The van der Waals surface area contributed by atoms with Gasteiger partial charge >= 0.3 is 0 Å². The summed E-state index contributed by atoms with van der Waals surface area (Å²) in [5, 5.41) is 4.59. The van der Waals surface area contributed by atoms with Gasteiger partial charge in [-0.15, -0.1) is 0 Å². The van der Waals surface area contributed by atoms with Gasteiger partial charge in [0.15, 0.2) is 12.4 Å². The van der Waals surface area contributed by atoms with E-state index in [1.807, 2.05) is 0 Å². The van der Waals surface area contributed by atoms with Crippen molar-refractivity contribution < 1.29 is 4.57 Å². The molecule has 0 fully saturated rings. The molecule has 0 aliphatic carbocycles. The smallest absolute Gasteiger partial charge is 0.193 e. The zero-order valence-corrected chi connectivity index (χ0v) is 12.7. The van der Waals surface area contributed by atoms with Crippen molar-refractivity contribution in [2.75, 3.05) is 13.1 Å². The van der Waals surface area contributed by atoms with E-state index in [2.05, 4.69) is 81.5 Å². The van der Waals surface area contributed by atoms with Crippen LogP contribution in [-0.2, 0) is 13.6 Å². The normalized spacial score (nSPS) is 14.1. The van der Waals surface area contributed by atoms with Gasteiger partial charge in [-0.2, -0.15) is 0 Å². The number of hydrogen-bond acceptors (Lipinski definition) is 2. The van der Waals surface area contributed by atoms with Crippen molar-refractivity contribution in [3.8, 4) is 0 Å². The van der Waals surface area contributed by atoms with Gasteiger partial charge in [-0.3, -0.25) is 4.99 Å². The van der Waals surface area contributed by atoms with Crippen molar-refractivity contribution in [1.82, 2.24) is 9.88 Å². The van der Waals surface area contributed by atoms with Crippen LogP contribution in [0, 0.1) is 0 Å². The van der Waals surface area contributed by atoms with Gasteiger partial charge in [0.25, 0.3) is 0 Å². The van der Waals surface area contributed by atoms with Crippen LogP contribution in [0.5, 0.6) is 0 Å². The SMILES string of the molecule is C[n+]1ccc2ccn(Cc3ccc(C4=NCCN4)cc3)c2c1. The number of nitrogens with zero attached hydrogens (tertiary/aromatic N) is 3. The Balaban J connectivity index is 1.61. The van der Waals surface area contributed by atoms with Crippen molar-refractivity contribution in [3.05, 3.63) is 66.1 Å². The lowest BCUT2D eigenvalue weighted by Crippen LogP contribution is -2.26. The van der Waals surface area contributed by atoms with Crippen molar-refractivity contribution >= 4 is 16.7 Å². The van der Waals surface area contributed by atoms with Crippen LogP contribution in [-0.4, -0.2) is 23.5 Å². The van der Waals surface area contributed by atoms with E-state index < -0.39 is 0 Å². The third kappa shape index (κ3) is 2.37. The second-order valence-electron chi connectivity index (χ2n) is 5.75. The molecule has 4 heteroatoms. The number of amidine groups is 1. The summed E-state index contributed by atoms with van der Waals surface area (Å²) < 4.78 is 4.38. The zero-order valence-electron chi connectivity index (χ0n) is 12.7. The zero-order chi connectivity index (χ0) is 14.9. The molecule has 1 N–H and O–H groups in total. The van der Waals surface area contributed by atoms with Crippen molar-refractivity contribution in [1.29, 1.82) is 0 Å². The minimum atomic E-state index is 0.878. The van der Waals surface area contributed by atoms with E-state index in [1.54, 1.807) is 0 Å². The molecule has 0 bridgehead atoms. The topological polar surface area (TPSA) is 33.2 Å². The number of fused-ring (bicyclic) bond motifs is 1. The van der Waals surface area contributed by atoms with Crippen LogP contribution in [0.25, 0.3) is 10.9 Å². The molecule has 0 amide bonds. The Labute approximate surface area is 129 Å². The average molecular weight is 291 g/mol. The summed E-state index contributed by atoms with van der Waals surface area (Å²) in [6, 6.07) is 13.0. The van der Waals surface area contributed by atoms with E-state index in [1.165, 1.54) is 22.0 Å². The summed E-state index contributed by atoms with van der Waals surface area (Å²) in [6.45, 7) is 2.71. The minimum Gasteiger partial charge on any atom is -0.368 e. The molecule has 2 aromatic heterocycles. The summed E-state index contributed by atoms with van der Waals surface area (Å²) in [4.78, 5) is 4.46. The molecule has 1 aromatic carbocycles. The molecule has 4 nitrogen and oxygen atoms in total. The standard InChI is InChI=1S/C18H19N4/c1-21-10-6-15-7-11-22(17(15)13-21)12-14-2-4-16(5-3-14)18-19-8-9-20-18/h2-7,10-11,13H,8-9,12H2,1H3,(H,19,20)/q+1. The Bertz CT molecular complexity index is 843. The van der Waals surface area contributed by atoms with Crippen LogP contribution in [0.15, 0.2) is 60.0 Å². The Kier molecular flexibility index (Phi) is 3.15. The molecule has 4 rings (SSSR count). The van der Waals surface area contributed by atoms with Gasteiger partial charge in [0.2, 0.25) is 0 Å². The van der Waals surface area contributed by atoms with Crippen molar-refractivity contribution in [2.45, 2.75) is 6.54 Å². The maximum atomic E-state index is 4.46. The van der Waals surface area contributed by atoms with E-state index in [4.69, 9.17) is 0 Å². The first-order chi connectivity index (χ1) is 10.8. The predicted octanol–water partition coefficient (Wildman–Crippen LogP) is 1.86. The Morgan fingerprint density at radius 1 is 1.18 bits per heavy atom. The van der Waals surface area contributed by atoms with Crippen LogP contribution in [0.3, 0.4) is 0 Å². The van der Waals surface area contributed by atoms with E-state index in [9.17, 15) is 0 Å². The first kappa shape index (κ1) is 13.1. The number of aryl methyl sites for hydroxylation is 1. The fourth-order valence-electron chi connectivity index (χ4n) is 2.92. The van der Waals surface area contributed by atoms with E-state index in [-0.39, 0.29) is 0 Å². The Morgan fingerprint density at radius 3 is 2.82 bits per heavy atom. The van der Waals surface area contributed by atoms with Crippen LogP contribution in [0.4, 0.5) is 0 Å². The molecule has 0 saturated carbocycles. The van der Waals surface area contributed by atoms with Gasteiger partial charge in [0.1, 0.15) is 18.4 Å². The lowest BCUT2D eigenvalue weighted by molar-refractivity contribution is -0.670. The highest BCUT2D eigenvalue weighted by atomic mass is 15.1. The largest absolute Gasteiger partial charge is 0.368 e. The van der Waals surface area contributed by atoms with Crippen LogP contribution in [0.2, 0.25) is 0 Å². The molecule has 3 heterocycles. The molecular formula is C18H19N4+. The molecule has 1 aliphatic rings. The number of aliphatic imine (C=N–C) groups is 1. The number of nitrogens with one attached hydrogen (secondary N) is 1. The van der Waals surface area contributed by atoms with Crippen LogP contribution < -0.4 is 9.88 Å². The molecular weight excluding hydrogens is 272 g/mol. The van der Waals surface area contributed by atoms with E-state index >= 15 is 0 Å². The molecule has 0 radical (unpaired) electrons. The number of rotatable bonds is 3. The summed E-state index contributed by atoms with van der Waals surface area (Å²) >= 11 is 0. The average Bonchev–Trinajstić information content (AvgIpc) is 3.19. The molecule has 0 spiro atoms. The lowest BCUT2D eigenvalue weighted by atomic mass is 10.1. The van der Waals surface area contributed by atoms with E-state index in [0.29, 0.717) is 0 Å². The van der Waals surface area contributed by atoms with E-state index in [0.717, 1.165) is 25.5 Å². The first-order valence-corrected chi connectivity index (χ1v) is 7.61. The molecule has 0 atom stereocenters. The highest BCUT2D eigenvalue weighted by Crippen LogP contribution is 2.16. The second-order valence-corrected chi connectivity index (χ2v) is 5.75. The van der Waals surface area contributed by atoms with Crippen molar-refractivity contribution in [3.63, 3.8) is 0 Å². The van der Waals surface area contributed by atoms with Gasteiger partial charge in [0.05, 0.1) is 6.54 Å². The quantitative estimate of drug-likeness (QED) is 0.734. The fraction of sp³-hybridized carbons (Fsp3) is 0.222. The van der Waals surface area contributed by atoms with Crippen molar-refractivity contribution in [2.24, 2.45) is 12.0 Å². The minimum absolute atomic E-state index is 0.878. The monoisotopic (exact) mass is 291 g/mol. The highest BCUT2D eigenvalue weighted by molar-refractivity contribution is 5.99. The summed E-state index contributed by atoms with van der Waals surface area (Å²) in [7, 11) is 2.06. The Hall–Kier alpha value is -2.62. The molecule has 22 heavy (non-hydrogen) atoms. The maximum absolute atomic E-state index is 4.46. The number of aromatic nitrogens is 2. The summed E-state index contributed by atoms with van der Waals surface area (Å²) in [6.07, 6.45) is 6.40. The Morgan fingerprint density at radius 2 is 2.05 bits per heavy atom. The third-order valence-electron chi connectivity index (χ3n) is 4.11. The third-order valence-corrected chi connectivity index (χ3v) is 4.11. The maximum Gasteiger partial charge on any atom is 0.193 e. The van der Waals surface area contributed by atoms with Gasteiger partial charge in [-0.1, -0.05) is 24.3 Å². The number of pyridine rings is 1. The lowest BCUT2D eigenvalue weighted by Gasteiger charge is -2.07. The van der Waals surface area contributed by atoms with Gasteiger partial charge in [-0.25, -0.2) is 4.57 Å². The van der Waals surface area contributed by atoms with Gasteiger partial charge < -0.3 is 9.88 Å². The fourth-order valence-corrected chi connectivity index (χ4v) is 2.92. The molecule has 110 valence electrons. The highest BCUT2D eigenvalue weighted by Gasteiger charge is 2.09. The molecule has 3 aromatic rings. The van der Waals surface area contributed by atoms with Crippen LogP contribution in [0.1, 0.15) is 11.1 Å². The predicted molar refractivity (Wildman–Crippen MR) is 88.1 cm³/mol. The summed E-state index contributed by atoms with van der Waals surface area (Å²) in [5.41, 5.74) is 3.73. The summed E-state index contributed by atoms with van der Waals surface area (Å²) in [5.74, 6) is 1.02. The first-order valence-electron chi connectivity index (χ1n) is 7.61. The number of benzene rings is 1. The second kappa shape index (κ2) is 5.30. The number of hydrogen-bond donors (Lipinski definition) is 1. The van der Waals surface area contributed by atoms with Gasteiger partial charge in [-0.05, 0) is 11.6 Å². The molecule has 1 aliphatic heterocycles. The molecule has 0 saturated heterocycles.